The first-order valence-corrected chi connectivity index (χ1v) is 8.62. The first kappa shape index (κ1) is 18.1. The Balaban J connectivity index is 2.12. The summed E-state index contributed by atoms with van der Waals surface area (Å²) >= 11 is 3.45. The standard InChI is InChI=1S/C18H22BrN3O2/c1-3-23-15-8-9-17(24-4-2)16(11-15)22-18(20)21-12-13-6-5-7-14(19)10-13/h5-11H,3-4,12H2,1-2H3,(H3,20,21,22). The van der Waals surface area contributed by atoms with Crippen molar-refractivity contribution in [1.29, 1.82) is 0 Å². The molecule has 0 radical (unpaired) electrons. The van der Waals surface area contributed by atoms with Gasteiger partial charge in [-0.2, -0.15) is 0 Å². The van der Waals surface area contributed by atoms with Crippen molar-refractivity contribution in [3.63, 3.8) is 0 Å². The van der Waals surface area contributed by atoms with Crippen LogP contribution in [0.1, 0.15) is 19.4 Å². The number of aliphatic imine (C=N–C) groups is 1. The highest BCUT2D eigenvalue weighted by Gasteiger charge is 2.07. The van der Waals surface area contributed by atoms with E-state index in [1.165, 1.54) is 0 Å². The van der Waals surface area contributed by atoms with Crippen LogP contribution in [0, 0.1) is 0 Å². The maximum atomic E-state index is 6.01. The Morgan fingerprint density at radius 2 is 1.92 bits per heavy atom. The van der Waals surface area contributed by atoms with Gasteiger partial charge in [0.25, 0.3) is 0 Å². The third kappa shape index (κ3) is 5.45. The summed E-state index contributed by atoms with van der Waals surface area (Å²) in [6.07, 6.45) is 0. The Hall–Kier alpha value is -2.21. The van der Waals surface area contributed by atoms with Crippen LogP contribution in [-0.2, 0) is 6.54 Å². The van der Waals surface area contributed by atoms with Gasteiger partial charge in [0.1, 0.15) is 11.5 Å². The van der Waals surface area contributed by atoms with Crippen molar-refractivity contribution in [3.8, 4) is 11.5 Å². The van der Waals surface area contributed by atoms with Gasteiger partial charge in [0, 0.05) is 10.5 Å². The van der Waals surface area contributed by atoms with Crippen molar-refractivity contribution < 1.29 is 9.47 Å². The number of rotatable bonds is 7. The number of nitrogens with two attached hydrogens (primary N) is 1. The van der Waals surface area contributed by atoms with E-state index >= 15 is 0 Å². The van der Waals surface area contributed by atoms with E-state index in [0.717, 1.165) is 21.5 Å². The first-order valence-electron chi connectivity index (χ1n) is 7.83. The molecule has 2 aromatic rings. The Bertz CT molecular complexity index is 704. The van der Waals surface area contributed by atoms with Crippen LogP contribution in [0.5, 0.6) is 11.5 Å². The number of halogens is 1. The van der Waals surface area contributed by atoms with Crippen LogP contribution >= 0.6 is 15.9 Å². The van der Waals surface area contributed by atoms with Crippen molar-refractivity contribution in [3.05, 3.63) is 52.5 Å². The number of benzene rings is 2. The molecule has 0 heterocycles. The molecule has 0 atom stereocenters. The average molecular weight is 392 g/mol. The van der Waals surface area contributed by atoms with Crippen LogP contribution in [0.4, 0.5) is 5.69 Å². The molecule has 0 aliphatic carbocycles. The van der Waals surface area contributed by atoms with Crippen molar-refractivity contribution in [2.75, 3.05) is 18.5 Å². The lowest BCUT2D eigenvalue weighted by Gasteiger charge is -2.14. The van der Waals surface area contributed by atoms with Gasteiger partial charge < -0.3 is 20.5 Å². The molecule has 5 nitrogen and oxygen atoms in total. The minimum absolute atomic E-state index is 0.324. The molecule has 0 aliphatic rings. The number of ether oxygens (including phenoxy) is 2. The normalized spacial score (nSPS) is 11.2. The summed E-state index contributed by atoms with van der Waals surface area (Å²) in [5.74, 6) is 1.79. The second kappa shape index (κ2) is 9.17. The highest BCUT2D eigenvalue weighted by molar-refractivity contribution is 9.10. The molecular weight excluding hydrogens is 370 g/mol. The van der Waals surface area contributed by atoms with Crippen LogP contribution in [0.2, 0.25) is 0 Å². The fraction of sp³-hybridized carbons (Fsp3) is 0.278. The molecular formula is C18H22BrN3O2. The minimum atomic E-state index is 0.324. The molecule has 0 aliphatic heterocycles. The summed E-state index contributed by atoms with van der Waals surface area (Å²) in [6.45, 7) is 5.54. The molecule has 2 aromatic carbocycles. The predicted molar refractivity (Wildman–Crippen MR) is 102 cm³/mol. The molecule has 0 bridgehead atoms. The van der Waals surface area contributed by atoms with Gasteiger partial charge in [-0.25, -0.2) is 4.99 Å². The monoisotopic (exact) mass is 391 g/mol. The van der Waals surface area contributed by atoms with Crippen LogP contribution in [-0.4, -0.2) is 19.2 Å². The zero-order valence-corrected chi connectivity index (χ0v) is 15.5. The molecule has 0 aromatic heterocycles. The third-order valence-corrected chi connectivity index (χ3v) is 3.64. The number of hydrogen-bond acceptors (Lipinski definition) is 3. The van der Waals surface area contributed by atoms with E-state index in [1.807, 2.05) is 56.3 Å². The molecule has 6 heteroatoms. The molecule has 0 saturated carbocycles. The lowest BCUT2D eigenvalue weighted by atomic mass is 10.2. The predicted octanol–water partition coefficient (Wildman–Crippen LogP) is 4.17. The van der Waals surface area contributed by atoms with Gasteiger partial charge >= 0.3 is 0 Å². The zero-order chi connectivity index (χ0) is 17.4. The van der Waals surface area contributed by atoms with Gasteiger partial charge in [-0.15, -0.1) is 0 Å². The summed E-state index contributed by atoms with van der Waals surface area (Å²) in [6, 6.07) is 13.5. The molecule has 2 rings (SSSR count). The van der Waals surface area contributed by atoms with Gasteiger partial charge in [-0.05, 0) is 43.7 Å². The van der Waals surface area contributed by atoms with Gasteiger partial charge in [0.15, 0.2) is 5.96 Å². The summed E-state index contributed by atoms with van der Waals surface area (Å²) in [5, 5.41) is 3.09. The lowest BCUT2D eigenvalue weighted by Crippen LogP contribution is -2.23. The molecule has 0 saturated heterocycles. The van der Waals surface area contributed by atoms with Crippen LogP contribution < -0.4 is 20.5 Å². The van der Waals surface area contributed by atoms with E-state index in [4.69, 9.17) is 15.2 Å². The Morgan fingerprint density at radius 3 is 2.62 bits per heavy atom. The van der Waals surface area contributed by atoms with E-state index in [-0.39, 0.29) is 0 Å². The third-order valence-electron chi connectivity index (χ3n) is 3.15. The van der Waals surface area contributed by atoms with Crippen molar-refractivity contribution in [2.45, 2.75) is 20.4 Å². The summed E-state index contributed by atoms with van der Waals surface area (Å²) < 4.78 is 12.2. The lowest BCUT2D eigenvalue weighted by molar-refractivity contribution is 0.332. The van der Waals surface area contributed by atoms with Crippen molar-refractivity contribution in [2.24, 2.45) is 10.7 Å². The Morgan fingerprint density at radius 1 is 1.12 bits per heavy atom. The van der Waals surface area contributed by atoms with Crippen molar-refractivity contribution in [1.82, 2.24) is 0 Å². The van der Waals surface area contributed by atoms with E-state index in [1.54, 1.807) is 0 Å². The number of guanidine groups is 1. The Kier molecular flexibility index (Phi) is 6.93. The Labute approximate surface area is 151 Å². The van der Waals surface area contributed by atoms with E-state index < -0.39 is 0 Å². The second-order valence-corrected chi connectivity index (χ2v) is 5.90. The summed E-state index contributed by atoms with van der Waals surface area (Å²) in [4.78, 5) is 4.37. The van der Waals surface area contributed by atoms with Crippen LogP contribution in [0.3, 0.4) is 0 Å². The van der Waals surface area contributed by atoms with E-state index in [0.29, 0.717) is 31.5 Å². The number of nitrogens with one attached hydrogen (secondary N) is 1. The van der Waals surface area contributed by atoms with Crippen molar-refractivity contribution >= 4 is 27.6 Å². The van der Waals surface area contributed by atoms with Gasteiger partial charge in [0.05, 0.1) is 25.4 Å². The summed E-state index contributed by atoms with van der Waals surface area (Å²) in [5.41, 5.74) is 7.82. The maximum Gasteiger partial charge on any atom is 0.193 e. The maximum absolute atomic E-state index is 6.01. The smallest absolute Gasteiger partial charge is 0.193 e. The quantitative estimate of drug-likeness (QED) is 0.548. The topological polar surface area (TPSA) is 68.9 Å². The minimum Gasteiger partial charge on any atom is -0.494 e. The second-order valence-electron chi connectivity index (χ2n) is 4.98. The molecule has 3 N–H and O–H groups in total. The number of anilines is 1. The molecule has 0 spiro atoms. The highest BCUT2D eigenvalue weighted by atomic mass is 79.9. The van der Waals surface area contributed by atoms with Crippen LogP contribution in [0.25, 0.3) is 0 Å². The largest absolute Gasteiger partial charge is 0.494 e. The fourth-order valence-corrected chi connectivity index (χ4v) is 2.58. The SMILES string of the molecule is CCOc1ccc(OCC)c(NC(N)=NCc2cccc(Br)c2)c1. The summed E-state index contributed by atoms with van der Waals surface area (Å²) in [7, 11) is 0. The average Bonchev–Trinajstić information content (AvgIpc) is 2.56. The number of nitrogens with zero attached hydrogens (tertiary/aromatic N) is 1. The molecule has 0 fully saturated rings. The molecule has 128 valence electrons. The highest BCUT2D eigenvalue weighted by Crippen LogP contribution is 2.29. The number of hydrogen-bond donors (Lipinski definition) is 2. The molecule has 24 heavy (non-hydrogen) atoms. The molecule has 0 unspecified atom stereocenters. The molecule has 0 amide bonds. The van der Waals surface area contributed by atoms with Gasteiger partial charge in [0.2, 0.25) is 0 Å². The van der Waals surface area contributed by atoms with Gasteiger partial charge in [-0.1, -0.05) is 28.1 Å². The first-order chi connectivity index (χ1) is 11.6. The zero-order valence-electron chi connectivity index (χ0n) is 13.9. The fourth-order valence-electron chi connectivity index (χ4n) is 2.13. The van der Waals surface area contributed by atoms with E-state index in [9.17, 15) is 0 Å². The van der Waals surface area contributed by atoms with Crippen LogP contribution in [0.15, 0.2) is 51.9 Å². The van der Waals surface area contributed by atoms with Gasteiger partial charge in [-0.3, -0.25) is 0 Å². The van der Waals surface area contributed by atoms with E-state index in [2.05, 4.69) is 26.2 Å².